The molecule has 0 bridgehead atoms. The highest BCUT2D eigenvalue weighted by Gasteiger charge is 2.29. The van der Waals surface area contributed by atoms with Crippen LogP contribution in [0.25, 0.3) is 0 Å². The third-order valence-electron chi connectivity index (χ3n) is 2.79. The van der Waals surface area contributed by atoms with Crippen LogP contribution in [-0.4, -0.2) is 6.29 Å². The highest BCUT2D eigenvalue weighted by atomic mass is 16.1. The van der Waals surface area contributed by atoms with E-state index in [4.69, 9.17) is 0 Å². The van der Waals surface area contributed by atoms with E-state index >= 15 is 0 Å². The second kappa shape index (κ2) is 3.70. The van der Waals surface area contributed by atoms with Crippen LogP contribution in [0.1, 0.15) is 38.5 Å². The Morgan fingerprint density at radius 2 is 2.00 bits per heavy atom. The average molecular weight is 152 g/mol. The fourth-order valence-electron chi connectivity index (χ4n) is 1.98. The van der Waals surface area contributed by atoms with Gasteiger partial charge in [-0.05, 0) is 24.7 Å². The Morgan fingerprint density at radius 1 is 1.36 bits per heavy atom. The molecule has 1 saturated carbocycles. The van der Waals surface area contributed by atoms with Crippen molar-refractivity contribution in [3.8, 4) is 0 Å². The Bertz CT molecular complexity index is 143. The summed E-state index contributed by atoms with van der Waals surface area (Å²) in [6, 6.07) is 0. The Morgan fingerprint density at radius 3 is 2.45 bits per heavy atom. The van der Waals surface area contributed by atoms with Crippen LogP contribution in [0.5, 0.6) is 0 Å². The van der Waals surface area contributed by atoms with Gasteiger partial charge in [-0.25, -0.2) is 0 Å². The van der Waals surface area contributed by atoms with Crippen LogP contribution in [0.4, 0.5) is 0 Å². The van der Waals surface area contributed by atoms with Gasteiger partial charge in [-0.2, -0.15) is 0 Å². The maximum atomic E-state index is 10.2. The van der Waals surface area contributed by atoms with Gasteiger partial charge in [-0.1, -0.05) is 18.9 Å². The van der Waals surface area contributed by atoms with Gasteiger partial charge in [0.15, 0.2) is 0 Å². The van der Waals surface area contributed by atoms with Crippen molar-refractivity contribution < 1.29 is 4.79 Å². The maximum Gasteiger partial charge on any atom is 0.120 e. The summed E-state index contributed by atoms with van der Waals surface area (Å²) in [6.07, 6.45) is 9.89. The van der Waals surface area contributed by atoms with E-state index < -0.39 is 0 Å². The Kier molecular flexibility index (Phi) is 2.86. The first-order valence-corrected chi connectivity index (χ1v) is 4.40. The van der Waals surface area contributed by atoms with Crippen molar-refractivity contribution in [3.05, 3.63) is 12.7 Å². The normalized spacial score (nSPS) is 21.5. The molecule has 0 aromatic rings. The van der Waals surface area contributed by atoms with Gasteiger partial charge in [0.2, 0.25) is 0 Å². The summed E-state index contributed by atoms with van der Waals surface area (Å²) in [5.41, 5.74) is 0.320. The van der Waals surface area contributed by atoms with E-state index in [2.05, 4.69) is 12.7 Å². The Labute approximate surface area is 68.5 Å². The fourth-order valence-corrected chi connectivity index (χ4v) is 1.98. The van der Waals surface area contributed by atoms with Crippen molar-refractivity contribution in [3.63, 3.8) is 0 Å². The monoisotopic (exact) mass is 152 g/mol. The molecule has 0 spiro atoms. The minimum Gasteiger partial charge on any atom is -0.303 e. The van der Waals surface area contributed by atoms with Gasteiger partial charge in [-0.3, -0.25) is 0 Å². The minimum atomic E-state index is 0.320. The third kappa shape index (κ3) is 1.92. The summed E-state index contributed by atoms with van der Waals surface area (Å²) in [7, 11) is 0. The van der Waals surface area contributed by atoms with E-state index in [1.54, 1.807) is 0 Å². The van der Waals surface area contributed by atoms with Crippen molar-refractivity contribution in [1.29, 1.82) is 0 Å². The van der Waals surface area contributed by atoms with Crippen LogP contribution >= 0.6 is 0 Å². The second-order valence-electron chi connectivity index (χ2n) is 3.48. The van der Waals surface area contributed by atoms with Crippen LogP contribution in [0, 0.1) is 5.41 Å². The van der Waals surface area contributed by atoms with E-state index in [1.165, 1.54) is 25.7 Å². The van der Waals surface area contributed by atoms with Gasteiger partial charge < -0.3 is 4.79 Å². The molecule has 1 nitrogen and oxygen atoms in total. The van der Waals surface area contributed by atoms with E-state index in [-0.39, 0.29) is 0 Å². The third-order valence-corrected chi connectivity index (χ3v) is 2.79. The quantitative estimate of drug-likeness (QED) is 0.447. The molecule has 0 atom stereocenters. The van der Waals surface area contributed by atoms with Crippen LogP contribution in [0.3, 0.4) is 0 Å². The fraction of sp³-hybridized carbons (Fsp3) is 0.700. The summed E-state index contributed by atoms with van der Waals surface area (Å²) in [5.74, 6) is 0. The summed E-state index contributed by atoms with van der Waals surface area (Å²) < 4.78 is 0. The van der Waals surface area contributed by atoms with Crippen molar-refractivity contribution in [2.24, 2.45) is 5.41 Å². The molecule has 0 aromatic carbocycles. The zero-order valence-electron chi connectivity index (χ0n) is 7.01. The van der Waals surface area contributed by atoms with Gasteiger partial charge in [-0.15, -0.1) is 6.58 Å². The first kappa shape index (κ1) is 8.51. The molecule has 0 unspecified atom stereocenters. The van der Waals surface area contributed by atoms with Crippen molar-refractivity contribution >= 4 is 6.29 Å². The molecule has 11 heavy (non-hydrogen) atoms. The van der Waals surface area contributed by atoms with Crippen molar-refractivity contribution in [2.45, 2.75) is 38.5 Å². The van der Waals surface area contributed by atoms with Gasteiger partial charge in [0.1, 0.15) is 6.29 Å². The lowest BCUT2D eigenvalue weighted by Gasteiger charge is -2.22. The number of aldehydes is 1. The maximum absolute atomic E-state index is 10.2. The molecule has 0 amide bonds. The zero-order chi connectivity index (χ0) is 8.16. The molecular formula is C10H16O. The van der Waals surface area contributed by atoms with Crippen LogP contribution in [-0.2, 0) is 4.79 Å². The first-order valence-electron chi connectivity index (χ1n) is 4.40. The lowest BCUT2D eigenvalue weighted by molar-refractivity contribution is -0.108. The standard InChI is InChI=1S/C10H16O/c1-2-10(8-5-9-11)6-3-4-7-10/h2,9H,1,3-8H2. The average Bonchev–Trinajstić information content (AvgIpc) is 2.50. The number of rotatable bonds is 4. The smallest absolute Gasteiger partial charge is 0.120 e. The number of carbonyl (C=O) groups is 1. The van der Waals surface area contributed by atoms with E-state index in [9.17, 15) is 4.79 Å². The zero-order valence-corrected chi connectivity index (χ0v) is 7.01. The molecule has 1 heteroatoms. The van der Waals surface area contributed by atoms with E-state index in [0.29, 0.717) is 11.8 Å². The highest BCUT2D eigenvalue weighted by Crippen LogP contribution is 2.42. The van der Waals surface area contributed by atoms with Gasteiger partial charge in [0.25, 0.3) is 0 Å². The minimum absolute atomic E-state index is 0.320. The van der Waals surface area contributed by atoms with E-state index in [1.807, 2.05) is 0 Å². The molecular weight excluding hydrogens is 136 g/mol. The predicted molar refractivity (Wildman–Crippen MR) is 46.4 cm³/mol. The molecule has 0 radical (unpaired) electrons. The summed E-state index contributed by atoms with van der Waals surface area (Å²) in [6.45, 7) is 3.85. The molecule has 0 saturated heterocycles. The lowest BCUT2D eigenvalue weighted by Crippen LogP contribution is -2.12. The second-order valence-corrected chi connectivity index (χ2v) is 3.48. The molecule has 0 heterocycles. The molecule has 1 aliphatic carbocycles. The van der Waals surface area contributed by atoms with Crippen molar-refractivity contribution in [1.82, 2.24) is 0 Å². The number of hydrogen-bond donors (Lipinski definition) is 0. The molecule has 1 fully saturated rings. The van der Waals surface area contributed by atoms with Gasteiger partial charge in [0, 0.05) is 6.42 Å². The summed E-state index contributed by atoms with van der Waals surface area (Å²) >= 11 is 0. The molecule has 1 rings (SSSR count). The van der Waals surface area contributed by atoms with E-state index in [0.717, 1.165) is 12.7 Å². The van der Waals surface area contributed by atoms with Gasteiger partial charge in [0.05, 0.1) is 0 Å². The number of hydrogen-bond acceptors (Lipinski definition) is 1. The number of allylic oxidation sites excluding steroid dienone is 1. The summed E-state index contributed by atoms with van der Waals surface area (Å²) in [4.78, 5) is 10.2. The first-order chi connectivity index (χ1) is 5.33. The predicted octanol–water partition coefficient (Wildman–Crippen LogP) is 2.71. The molecule has 0 aliphatic heterocycles. The lowest BCUT2D eigenvalue weighted by atomic mass is 9.82. The molecule has 0 N–H and O–H groups in total. The molecule has 0 aromatic heterocycles. The molecule has 1 aliphatic rings. The van der Waals surface area contributed by atoms with Crippen molar-refractivity contribution in [2.75, 3.05) is 0 Å². The van der Waals surface area contributed by atoms with Crippen LogP contribution in [0.2, 0.25) is 0 Å². The Balaban J connectivity index is 2.45. The highest BCUT2D eigenvalue weighted by molar-refractivity contribution is 5.49. The van der Waals surface area contributed by atoms with Crippen LogP contribution in [0.15, 0.2) is 12.7 Å². The van der Waals surface area contributed by atoms with Gasteiger partial charge >= 0.3 is 0 Å². The SMILES string of the molecule is C=CC1(CCC=O)CCCC1. The Hall–Kier alpha value is -0.590. The largest absolute Gasteiger partial charge is 0.303 e. The molecule has 62 valence electrons. The van der Waals surface area contributed by atoms with Crippen LogP contribution < -0.4 is 0 Å². The number of carbonyl (C=O) groups excluding carboxylic acids is 1. The topological polar surface area (TPSA) is 17.1 Å². The summed E-state index contributed by atoms with van der Waals surface area (Å²) in [5, 5.41) is 0.